The SMILES string of the molecule is C.CCOC(=O)CC(N)C(C)(C)OC.Cc1ccc(S(=O)(=O)n2cc(C)c3cc(Cl)cnc32)cc1.I.II.I[I-]I.[C-]#[N+]c1cc(F)c(Cl)nc1Cl.[C-]#[N+]c1cc(F)c(NC(CC(=O)O)C(C)(C)OC)nc1-c1c[nH]c2ncc(Cl)cc12.[C-]#[N+]c1cc(F)c(NC(CC(=O)OCC)C(C)(C)OC)nc1-c1cn(S(=O)(=O)c2ccc(C)cc2)c2ncc(Cl)cc12.[C-]#[N+]c1cc(F)c(NC(CC(=O)OCC)C(C)(C)OC)nc1Cl. The van der Waals surface area contributed by atoms with Crippen molar-refractivity contribution in [2.75, 3.05) is 64.2 Å². The van der Waals surface area contributed by atoms with Crippen LogP contribution in [-0.4, -0.2) is 188 Å². The molecule has 0 radical (unpaired) electrons. The van der Waals surface area contributed by atoms with Gasteiger partial charge in [0.15, 0.2) is 51.4 Å². The molecule has 4 unspecified atom stereocenters. The summed E-state index contributed by atoms with van der Waals surface area (Å²) in [5.41, 5.74) is 6.90. The minimum Gasteiger partial charge on any atom is -0.481 e. The molecule has 0 amide bonds. The molecule has 34 nitrogen and oxygen atoms in total. The molecule has 0 aliphatic heterocycles. The molecule has 0 spiro atoms. The van der Waals surface area contributed by atoms with Crippen molar-refractivity contribution < 1.29 is 105 Å². The maximum atomic E-state index is 15.3. The number of benzene rings is 2. The molecule has 10 heterocycles. The summed E-state index contributed by atoms with van der Waals surface area (Å²) in [7, 11) is -1.84. The molecule has 0 bridgehead atoms. The average molecular weight is 2870 g/mol. The summed E-state index contributed by atoms with van der Waals surface area (Å²) in [6.45, 7) is 54.1. The van der Waals surface area contributed by atoms with Crippen molar-refractivity contribution in [3.05, 3.63) is 244 Å². The van der Waals surface area contributed by atoms with Crippen molar-refractivity contribution in [2.45, 2.75) is 186 Å². The zero-order valence-corrected chi connectivity index (χ0v) is 101. The maximum absolute atomic E-state index is 15.3. The second-order valence-electron chi connectivity index (χ2n) is 32.5. The molecule has 0 saturated heterocycles. The number of aryl methyl sites for hydroxylation is 3. The van der Waals surface area contributed by atoms with Gasteiger partial charge in [0.05, 0.1) is 149 Å². The second-order valence-corrected chi connectivity index (χ2v) is 54.8. The Balaban J connectivity index is 0.000000470. The van der Waals surface area contributed by atoms with Crippen molar-refractivity contribution >= 4 is 285 Å². The molecule has 10 aromatic heterocycles. The van der Waals surface area contributed by atoms with Gasteiger partial charge in [0.25, 0.3) is 20.0 Å². The molecule has 12 aromatic rings. The number of carboxylic acids is 1. The Bertz CT molecular complexity index is 6990. The number of aromatic nitrogens is 10. The van der Waals surface area contributed by atoms with Gasteiger partial charge in [-0.15, -0.1) is 24.0 Å². The van der Waals surface area contributed by atoms with E-state index in [9.17, 15) is 54.3 Å². The van der Waals surface area contributed by atoms with Gasteiger partial charge < -0.3 is 64.9 Å². The van der Waals surface area contributed by atoms with Crippen LogP contribution >= 0.6 is 168 Å². The predicted molar refractivity (Wildman–Crippen MR) is 606 cm³/mol. The van der Waals surface area contributed by atoms with E-state index in [0.717, 1.165) is 50.3 Å². The summed E-state index contributed by atoms with van der Waals surface area (Å²) in [5.74, 6) is -6.02. The van der Waals surface area contributed by atoms with Crippen LogP contribution in [0.1, 0.15) is 126 Å². The fourth-order valence-corrected chi connectivity index (χ4v) is 16.3. The molecular weight excluding hydrogens is 2760 g/mol. The molecule has 4 atom stereocenters. The number of nitrogens with one attached hydrogen (secondary N) is 4. The number of methoxy groups -OCH3 is 4. The number of carbonyl (C=O) groups is 4. The number of H-pyrrole nitrogens is 1. The normalized spacial score (nSPS) is 11.9. The van der Waals surface area contributed by atoms with Crippen molar-refractivity contribution in [2.24, 2.45) is 5.73 Å². The number of pyridine rings is 7. The number of esters is 3. The van der Waals surface area contributed by atoms with Gasteiger partial charge in [-0.1, -0.05) is 112 Å². The van der Waals surface area contributed by atoms with E-state index in [1.54, 1.807) is 130 Å². The minimum absolute atomic E-state index is 0. The number of halogens is 16. The largest absolute Gasteiger partial charge is 0.481 e. The summed E-state index contributed by atoms with van der Waals surface area (Å²) in [4.78, 5) is 91.1. The fraction of sp³-hybridized carbons (Fsp3) is 0.358. The molecule has 0 fully saturated rings. The van der Waals surface area contributed by atoms with Gasteiger partial charge in [-0.3, -0.25) is 19.2 Å². The van der Waals surface area contributed by atoms with Crippen LogP contribution in [0.5, 0.6) is 0 Å². The molecular formula is C95H105Cl6F4I6N18O16S2-. The van der Waals surface area contributed by atoms with Gasteiger partial charge in [0.2, 0.25) is 22.7 Å². The topological polar surface area (TPSA) is 417 Å². The molecule has 147 heavy (non-hydrogen) atoms. The maximum Gasteiger partial charge on any atom is 0.307 e. The van der Waals surface area contributed by atoms with E-state index in [1.165, 1.54) is 68.3 Å². The van der Waals surface area contributed by atoms with E-state index in [-0.39, 0.29) is 181 Å². The number of rotatable bonds is 31. The van der Waals surface area contributed by atoms with Crippen molar-refractivity contribution in [1.29, 1.82) is 0 Å². The van der Waals surface area contributed by atoms with Crippen LogP contribution in [0.4, 0.5) is 57.8 Å². The average Bonchev–Trinajstić information content (AvgIpc) is 1.52. The van der Waals surface area contributed by atoms with Crippen LogP contribution in [0.15, 0.2) is 138 Å². The Morgan fingerprint density at radius 3 is 1.21 bits per heavy atom. The first-order chi connectivity index (χ1) is 68.1. The summed E-state index contributed by atoms with van der Waals surface area (Å²) < 4.78 is 148. The first kappa shape index (κ1) is 133. The van der Waals surface area contributed by atoms with Crippen molar-refractivity contribution in [1.82, 2.24) is 47.8 Å². The number of hydrogen-bond donors (Lipinski definition) is 6. The Morgan fingerprint density at radius 2 is 0.823 bits per heavy atom. The first-order valence-electron chi connectivity index (χ1n) is 42.4. The third-order valence-electron chi connectivity index (χ3n) is 21.6. The zero-order chi connectivity index (χ0) is 109. The fourth-order valence-electron chi connectivity index (χ4n) is 12.6. The van der Waals surface area contributed by atoms with E-state index in [4.69, 9.17) is 135 Å². The Labute approximate surface area is 950 Å². The number of nitrogens with zero attached hydrogens (tertiary/aromatic N) is 13. The van der Waals surface area contributed by atoms with Crippen molar-refractivity contribution in [3.8, 4) is 22.5 Å². The van der Waals surface area contributed by atoms with Crippen LogP contribution in [0, 0.1) is 70.3 Å². The van der Waals surface area contributed by atoms with E-state index < -0.39 is 102 Å². The number of aromatic amines is 1. The number of hydrogen-bond acceptors (Lipinski definition) is 26. The predicted octanol–water partition coefficient (Wildman–Crippen LogP) is 23.5. The first-order valence-corrected chi connectivity index (χ1v) is 66.4. The van der Waals surface area contributed by atoms with E-state index in [0.29, 0.717) is 52.2 Å². The molecule has 0 aliphatic rings. The zero-order valence-electron chi connectivity index (χ0n) is 81.2. The summed E-state index contributed by atoms with van der Waals surface area (Å²) in [5, 5.41) is 20.1. The van der Waals surface area contributed by atoms with E-state index >= 15 is 4.39 Å². The van der Waals surface area contributed by atoms with Gasteiger partial charge >= 0.3 is 74.4 Å². The monoisotopic (exact) mass is 2860 g/mol. The second kappa shape index (κ2) is 61.6. The third kappa shape index (κ3) is 37.4. The third-order valence-corrected chi connectivity index (χ3v) is 26.3. The molecule has 52 heteroatoms. The minimum atomic E-state index is -4.13. The number of nitrogens with two attached hydrogens (primary N) is 1. The number of carboxylic acid groups (broad SMARTS) is 1. The van der Waals surface area contributed by atoms with E-state index in [2.05, 4.69) is 150 Å². The summed E-state index contributed by atoms with van der Waals surface area (Å²) in [6, 6.07) is 19.4. The van der Waals surface area contributed by atoms with Crippen LogP contribution in [-0.2, 0) is 72.4 Å². The smallest absolute Gasteiger partial charge is 0.307 e. The molecule has 12 rings (SSSR count). The van der Waals surface area contributed by atoms with Crippen LogP contribution in [0.25, 0.3) is 75.0 Å². The summed E-state index contributed by atoms with van der Waals surface area (Å²) in [6.07, 6.45) is 8.37. The Kier molecular flexibility index (Phi) is 55.7. The van der Waals surface area contributed by atoms with Gasteiger partial charge in [-0.25, -0.2) is 96.6 Å². The Hall–Kier alpha value is -8.11. The molecule has 0 saturated carbocycles. The van der Waals surface area contributed by atoms with E-state index in [1.807, 2.05) is 34.6 Å². The van der Waals surface area contributed by atoms with Gasteiger partial charge in [-0.2, -0.15) is 0 Å². The quantitative estimate of drug-likeness (QED) is 0.00587. The standard InChI is InChI=1S/C29H29ClFN5O5S.C20H19ClFN5O3.C15H19ClFN3O3.C15H13ClN2O2S.C9H19NO3.C6HCl2FN2.CH4.I3.I2.HI/c1-7-41-25(37)14-24(29(3,4)40-6)34-27-22(31)13-23(32-5)26(35-27)21-16-36(28-20(21)12-18(30)15-33-28)42(38,39)19-10-8-17(2)9-11-19;1-20(2,30-4)15(7-16(28)29)26-19-13(22)6-14(23-3)17(27-19)12-9-25-18-11(12)5-10(21)8-24-18;1-6-23-12(21)8-11(15(2,3)22-5)19-14-9(17)7-10(18-4)13(16)20-14;1-10-3-5-13(6-4-10)21(19,20)18-9-11(2)14-7-12(16)8-17-15(14)18;1-5-13-8(11)6-7(10)9(2,3)12-4;1-10-4-2-3(9)5(7)11-6(4)8;;1-3-2;1-2;/h8-13,15-16,24H,7,14H2,1-4,6H3,(H,34,35);5-6,8-9,15H,7H2,1-2,4H3,(H,24,25)(H,26,27)(H,28,29);7,11H,6,8H2,1-3,5H3,(H,19,20);3-9H,1-2H3;7H,5-6,10H2,1-4H3;2H;1H4;;;1H/q;;;;;;;-1;;. The molecule has 2 aromatic carbocycles. The Morgan fingerprint density at radius 1 is 0.490 bits per heavy atom. The number of aliphatic carboxylic acids is 1. The molecule has 7 N–H and O–H groups in total. The van der Waals surface area contributed by atoms with Crippen LogP contribution < -0.4 is 34.9 Å². The number of ether oxygens (including phenoxy) is 7. The van der Waals surface area contributed by atoms with Crippen LogP contribution in [0.2, 0.25) is 30.5 Å². The van der Waals surface area contributed by atoms with Gasteiger partial charge in [0, 0.05) is 136 Å². The molecule has 0 aliphatic carbocycles. The number of anilines is 3. The van der Waals surface area contributed by atoms with Crippen molar-refractivity contribution in [3.63, 3.8) is 0 Å². The van der Waals surface area contributed by atoms with Crippen LogP contribution in [0.3, 0.4) is 0 Å². The van der Waals surface area contributed by atoms with Gasteiger partial charge in [0.1, 0.15) is 21.8 Å². The number of carbonyl (C=O) groups excluding carboxylic acids is 3. The summed E-state index contributed by atoms with van der Waals surface area (Å²) >= 11 is 44.3. The molecule has 796 valence electrons. The number of fused-ring (bicyclic) bond motifs is 3. The van der Waals surface area contributed by atoms with Gasteiger partial charge in [-0.05, 0) is 169 Å².